The second kappa shape index (κ2) is 8.09. The van der Waals surface area contributed by atoms with Crippen LogP contribution in [-0.2, 0) is 4.79 Å². The van der Waals surface area contributed by atoms with Gasteiger partial charge < -0.3 is 10.6 Å². The summed E-state index contributed by atoms with van der Waals surface area (Å²) in [6, 6.07) is 6.96. The second-order valence-electron chi connectivity index (χ2n) is 8.18. The van der Waals surface area contributed by atoms with Crippen LogP contribution in [0.4, 0.5) is 0 Å². The topological polar surface area (TPSA) is 46.3 Å². The van der Waals surface area contributed by atoms with Crippen molar-refractivity contribution >= 4 is 18.3 Å². The average Bonchev–Trinajstić information content (AvgIpc) is 2.52. The highest BCUT2D eigenvalue weighted by Crippen LogP contribution is 2.42. The fourth-order valence-corrected chi connectivity index (χ4v) is 4.97. The van der Waals surface area contributed by atoms with E-state index < -0.39 is 0 Å². The Morgan fingerprint density at radius 1 is 1.20 bits per heavy atom. The van der Waals surface area contributed by atoms with Crippen LogP contribution in [0.1, 0.15) is 61.8 Å². The summed E-state index contributed by atoms with van der Waals surface area (Å²) in [7, 11) is 1.97. The third-order valence-electron chi connectivity index (χ3n) is 6.57. The number of amides is 1. The van der Waals surface area contributed by atoms with Crippen molar-refractivity contribution < 1.29 is 4.79 Å². The largest absolute Gasteiger partial charge is 0.339 e. The molecule has 0 saturated heterocycles. The first kappa shape index (κ1) is 20.3. The fourth-order valence-electron chi connectivity index (χ4n) is 4.97. The highest BCUT2D eigenvalue weighted by molar-refractivity contribution is 5.85. The molecule has 2 saturated carbocycles. The summed E-state index contributed by atoms with van der Waals surface area (Å²) in [4.78, 5) is 15.1. The number of halogens is 1. The molecule has 0 aromatic heterocycles. The Hall–Kier alpha value is -1.06. The lowest BCUT2D eigenvalue weighted by Gasteiger charge is -2.44. The number of carbonyl (C=O) groups excluding carboxylic acids is 1. The number of carbonyl (C=O) groups is 1. The van der Waals surface area contributed by atoms with Crippen LogP contribution in [0.2, 0.25) is 0 Å². The summed E-state index contributed by atoms with van der Waals surface area (Å²) in [6.07, 6.45) is 5.68. The van der Waals surface area contributed by atoms with Crippen LogP contribution in [0.15, 0.2) is 18.2 Å². The van der Waals surface area contributed by atoms with Crippen molar-refractivity contribution in [3.05, 3.63) is 34.9 Å². The van der Waals surface area contributed by atoms with Crippen LogP contribution in [-0.4, -0.2) is 23.9 Å². The van der Waals surface area contributed by atoms with Crippen molar-refractivity contribution in [1.82, 2.24) is 4.90 Å². The van der Waals surface area contributed by atoms with Gasteiger partial charge in [0.05, 0.1) is 6.04 Å². The lowest BCUT2D eigenvalue weighted by Crippen LogP contribution is -2.49. The van der Waals surface area contributed by atoms with E-state index in [0.29, 0.717) is 23.8 Å². The number of fused-ring (bicyclic) bond motifs is 2. The molecule has 3 atom stereocenters. The van der Waals surface area contributed by atoms with Crippen molar-refractivity contribution in [2.24, 2.45) is 23.5 Å². The van der Waals surface area contributed by atoms with Crippen LogP contribution >= 0.6 is 12.4 Å². The maximum absolute atomic E-state index is 13.1. The molecule has 0 aliphatic heterocycles. The Bertz CT molecular complexity index is 604. The molecule has 2 fully saturated rings. The molecule has 2 aliphatic carbocycles. The van der Waals surface area contributed by atoms with Gasteiger partial charge in [-0.05, 0) is 69.4 Å². The maximum Gasteiger partial charge on any atom is 0.225 e. The number of hydrogen-bond acceptors (Lipinski definition) is 2. The highest BCUT2D eigenvalue weighted by Gasteiger charge is 2.41. The molecule has 2 N–H and O–H groups in total. The van der Waals surface area contributed by atoms with Gasteiger partial charge in [-0.3, -0.25) is 4.79 Å². The molecule has 0 spiro atoms. The van der Waals surface area contributed by atoms with Gasteiger partial charge in [-0.15, -0.1) is 12.4 Å². The van der Waals surface area contributed by atoms with Crippen LogP contribution in [0, 0.1) is 31.6 Å². The first-order valence-electron chi connectivity index (χ1n) is 9.48. The van der Waals surface area contributed by atoms with Crippen molar-refractivity contribution in [1.29, 1.82) is 0 Å². The minimum absolute atomic E-state index is 0. The Balaban J connectivity index is 0.00000225. The summed E-state index contributed by atoms with van der Waals surface area (Å²) >= 11 is 0. The zero-order chi connectivity index (χ0) is 17.4. The zero-order valence-electron chi connectivity index (χ0n) is 16.0. The normalized spacial score (nSPS) is 29.5. The van der Waals surface area contributed by atoms with E-state index in [4.69, 9.17) is 5.73 Å². The Kier molecular flexibility index (Phi) is 6.56. The van der Waals surface area contributed by atoms with Crippen LogP contribution in [0.5, 0.6) is 0 Å². The molecule has 2 aliphatic rings. The van der Waals surface area contributed by atoms with E-state index in [1.54, 1.807) is 0 Å². The summed E-state index contributed by atoms with van der Waals surface area (Å²) < 4.78 is 0. The summed E-state index contributed by atoms with van der Waals surface area (Å²) in [5.74, 6) is 1.58. The Morgan fingerprint density at radius 2 is 1.80 bits per heavy atom. The third kappa shape index (κ3) is 4.03. The van der Waals surface area contributed by atoms with Crippen LogP contribution < -0.4 is 5.73 Å². The van der Waals surface area contributed by atoms with E-state index in [1.165, 1.54) is 36.0 Å². The van der Waals surface area contributed by atoms with Crippen LogP contribution in [0.25, 0.3) is 0 Å². The summed E-state index contributed by atoms with van der Waals surface area (Å²) in [5.41, 5.74) is 10.2. The monoisotopic (exact) mass is 364 g/mol. The summed E-state index contributed by atoms with van der Waals surface area (Å²) in [5, 5.41) is 0. The molecular weight excluding hydrogens is 332 g/mol. The zero-order valence-corrected chi connectivity index (χ0v) is 16.8. The predicted octanol–water partition coefficient (Wildman–Crippen LogP) is 4.40. The van der Waals surface area contributed by atoms with Crippen molar-refractivity contribution in [2.45, 2.75) is 65.0 Å². The van der Waals surface area contributed by atoms with E-state index in [2.05, 4.69) is 39.0 Å². The second-order valence-corrected chi connectivity index (χ2v) is 8.18. The Labute approximate surface area is 158 Å². The molecule has 3 nitrogen and oxygen atoms in total. The summed E-state index contributed by atoms with van der Waals surface area (Å²) in [6.45, 7) is 6.40. The predicted molar refractivity (Wildman–Crippen MR) is 106 cm³/mol. The minimum atomic E-state index is 0. The van der Waals surface area contributed by atoms with Gasteiger partial charge in [0.2, 0.25) is 5.91 Å². The smallest absolute Gasteiger partial charge is 0.225 e. The van der Waals surface area contributed by atoms with Gasteiger partial charge in [-0.1, -0.05) is 30.2 Å². The van der Waals surface area contributed by atoms with Gasteiger partial charge in [-0.25, -0.2) is 0 Å². The van der Waals surface area contributed by atoms with Gasteiger partial charge in [-0.2, -0.15) is 0 Å². The van der Waals surface area contributed by atoms with Crippen molar-refractivity contribution in [3.8, 4) is 0 Å². The molecule has 3 unspecified atom stereocenters. The first-order chi connectivity index (χ1) is 11.4. The number of nitrogens with zero attached hydrogens (tertiary/aromatic N) is 1. The van der Waals surface area contributed by atoms with Gasteiger partial charge in [0, 0.05) is 19.0 Å². The Morgan fingerprint density at radius 3 is 2.36 bits per heavy atom. The number of nitrogens with two attached hydrogens (primary N) is 1. The molecule has 25 heavy (non-hydrogen) atoms. The lowest BCUT2D eigenvalue weighted by atomic mass is 9.65. The number of aryl methyl sites for hydroxylation is 2. The van der Waals surface area contributed by atoms with Crippen molar-refractivity contribution in [2.75, 3.05) is 7.05 Å². The highest BCUT2D eigenvalue weighted by atomic mass is 35.5. The van der Waals surface area contributed by atoms with Crippen LogP contribution in [0.3, 0.4) is 0 Å². The van der Waals surface area contributed by atoms with Gasteiger partial charge in [0.25, 0.3) is 0 Å². The van der Waals surface area contributed by atoms with Gasteiger partial charge in [0.1, 0.15) is 0 Å². The number of hydrogen-bond donors (Lipinski definition) is 1. The molecule has 3 rings (SSSR count). The molecule has 0 radical (unpaired) electrons. The lowest BCUT2D eigenvalue weighted by molar-refractivity contribution is -0.139. The molecule has 2 bridgehead atoms. The molecule has 1 aromatic rings. The quantitative estimate of drug-likeness (QED) is 0.864. The van der Waals surface area contributed by atoms with Crippen molar-refractivity contribution in [3.63, 3.8) is 0 Å². The molecular formula is C21H33ClN2O. The van der Waals surface area contributed by atoms with E-state index in [0.717, 1.165) is 12.8 Å². The van der Waals surface area contributed by atoms with E-state index in [9.17, 15) is 4.79 Å². The standard InChI is InChI=1S/C21H32N2O.ClH/c1-13-8-9-19(14(2)10-13)15(3)23(4)21(24)18-11-16-6-5-7-17(12-18)20(16)22;/h8-10,15-18,20H,5-7,11-12,22H2,1-4H3;1H. The minimum Gasteiger partial charge on any atom is -0.339 e. The average molecular weight is 365 g/mol. The number of rotatable bonds is 3. The molecule has 4 heteroatoms. The maximum atomic E-state index is 13.1. The first-order valence-corrected chi connectivity index (χ1v) is 9.48. The third-order valence-corrected chi connectivity index (χ3v) is 6.57. The van der Waals surface area contributed by atoms with E-state index >= 15 is 0 Å². The molecule has 0 heterocycles. The van der Waals surface area contributed by atoms with Gasteiger partial charge in [0.15, 0.2) is 0 Å². The fraction of sp³-hybridized carbons (Fsp3) is 0.667. The molecule has 1 aromatic carbocycles. The van der Waals surface area contributed by atoms with E-state index in [1.807, 2.05) is 11.9 Å². The van der Waals surface area contributed by atoms with Gasteiger partial charge >= 0.3 is 0 Å². The molecule has 140 valence electrons. The SMILES string of the molecule is Cc1ccc(C(C)N(C)C(=O)C2CC3CCCC(C2)C3N)c(C)c1.Cl. The number of benzene rings is 1. The molecule has 1 amide bonds. The van der Waals surface area contributed by atoms with E-state index in [-0.39, 0.29) is 24.4 Å².